The van der Waals surface area contributed by atoms with Gasteiger partial charge in [-0.3, -0.25) is 4.68 Å². The van der Waals surface area contributed by atoms with E-state index in [2.05, 4.69) is 16.1 Å². The lowest BCUT2D eigenvalue weighted by Crippen LogP contribution is -2.22. The Kier molecular flexibility index (Phi) is 3.49. The second kappa shape index (κ2) is 5.23. The zero-order valence-corrected chi connectivity index (χ0v) is 10.2. The van der Waals surface area contributed by atoms with Gasteiger partial charge in [-0.2, -0.15) is 10.4 Å². The number of anilines is 2. The number of rotatable bonds is 4. The molecular weight excluding hydrogens is 226 g/mol. The van der Waals surface area contributed by atoms with Crippen LogP contribution in [0, 0.1) is 11.3 Å². The van der Waals surface area contributed by atoms with Crippen LogP contribution >= 0.6 is 0 Å². The third kappa shape index (κ3) is 2.80. The van der Waals surface area contributed by atoms with Gasteiger partial charge in [0, 0.05) is 25.5 Å². The van der Waals surface area contributed by atoms with Crippen LogP contribution in [-0.2, 0) is 6.54 Å². The second-order valence-electron chi connectivity index (χ2n) is 4.12. The van der Waals surface area contributed by atoms with Crippen LogP contribution < -0.4 is 10.6 Å². The average molecular weight is 241 g/mol. The van der Waals surface area contributed by atoms with Crippen molar-refractivity contribution in [1.82, 2.24) is 9.78 Å². The first kappa shape index (κ1) is 12.0. The Hall–Kier alpha value is -2.48. The van der Waals surface area contributed by atoms with Gasteiger partial charge in [-0.15, -0.1) is 0 Å². The zero-order chi connectivity index (χ0) is 13.0. The topological polar surface area (TPSA) is 70.9 Å². The van der Waals surface area contributed by atoms with Crippen LogP contribution in [0.3, 0.4) is 0 Å². The maximum absolute atomic E-state index is 8.73. The molecule has 5 heteroatoms. The predicted octanol–water partition coefficient (Wildman–Crippen LogP) is 1.47. The first-order valence-electron chi connectivity index (χ1n) is 5.68. The molecule has 1 aromatic carbocycles. The van der Waals surface area contributed by atoms with Gasteiger partial charge in [-0.25, -0.2) is 0 Å². The number of likely N-dealkylation sites (N-methyl/N-ethyl adjacent to an activating group) is 1. The van der Waals surface area contributed by atoms with Crippen LogP contribution in [0.25, 0.3) is 0 Å². The van der Waals surface area contributed by atoms with Gasteiger partial charge in [-0.05, 0) is 24.3 Å². The molecule has 0 radical (unpaired) electrons. The minimum Gasteiger partial charge on any atom is -0.396 e. The number of aromatic nitrogens is 2. The van der Waals surface area contributed by atoms with Gasteiger partial charge in [-0.1, -0.05) is 0 Å². The monoisotopic (exact) mass is 241 g/mol. The maximum atomic E-state index is 8.73. The van der Waals surface area contributed by atoms with Gasteiger partial charge >= 0.3 is 0 Å². The lowest BCUT2D eigenvalue weighted by molar-refractivity contribution is 0.612. The molecule has 1 aromatic heterocycles. The Morgan fingerprint density at radius 2 is 2.11 bits per heavy atom. The van der Waals surface area contributed by atoms with Crippen molar-refractivity contribution < 1.29 is 0 Å². The molecule has 2 rings (SSSR count). The molecule has 0 atom stereocenters. The van der Waals surface area contributed by atoms with Crippen LogP contribution in [0.5, 0.6) is 0 Å². The van der Waals surface area contributed by atoms with Gasteiger partial charge < -0.3 is 10.6 Å². The van der Waals surface area contributed by atoms with Crippen molar-refractivity contribution in [2.24, 2.45) is 0 Å². The summed E-state index contributed by atoms with van der Waals surface area (Å²) in [4.78, 5) is 2.11. The highest BCUT2D eigenvalue weighted by Gasteiger charge is 2.02. The average Bonchev–Trinajstić information content (AvgIpc) is 2.82. The molecule has 0 amide bonds. The summed E-state index contributed by atoms with van der Waals surface area (Å²) >= 11 is 0. The van der Waals surface area contributed by atoms with E-state index < -0.39 is 0 Å². The fraction of sp³-hybridized carbons (Fsp3) is 0.231. The third-order valence-corrected chi connectivity index (χ3v) is 2.75. The largest absolute Gasteiger partial charge is 0.396 e. The maximum Gasteiger partial charge on any atom is 0.0991 e. The van der Waals surface area contributed by atoms with Crippen LogP contribution in [0.15, 0.2) is 36.7 Å². The minimum atomic E-state index is 0.673. The third-order valence-electron chi connectivity index (χ3n) is 2.75. The summed E-state index contributed by atoms with van der Waals surface area (Å²) < 4.78 is 1.81. The van der Waals surface area contributed by atoms with Crippen molar-refractivity contribution in [2.75, 3.05) is 24.2 Å². The number of hydrogen-bond acceptors (Lipinski definition) is 4. The van der Waals surface area contributed by atoms with Crippen LogP contribution in [0.2, 0.25) is 0 Å². The van der Waals surface area contributed by atoms with Crippen molar-refractivity contribution in [3.8, 4) is 6.07 Å². The lowest BCUT2D eigenvalue weighted by Gasteiger charge is -2.19. The predicted molar refractivity (Wildman–Crippen MR) is 71.1 cm³/mol. The Bertz CT molecular complexity index is 550. The van der Waals surface area contributed by atoms with Crippen molar-refractivity contribution in [3.05, 3.63) is 42.2 Å². The van der Waals surface area contributed by atoms with E-state index in [0.717, 1.165) is 18.8 Å². The Labute approximate surface area is 106 Å². The van der Waals surface area contributed by atoms with E-state index in [1.807, 2.05) is 42.2 Å². The van der Waals surface area contributed by atoms with Crippen LogP contribution in [-0.4, -0.2) is 23.4 Å². The molecule has 92 valence electrons. The zero-order valence-electron chi connectivity index (χ0n) is 10.2. The molecule has 0 aliphatic rings. The quantitative estimate of drug-likeness (QED) is 0.880. The SMILES string of the molecule is CN(CCn1cc(N)cn1)c1ccc(C#N)cc1. The Balaban J connectivity index is 1.95. The molecule has 0 saturated heterocycles. The molecule has 0 fully saturated rings. The fourth-order valence-corrected chi connectivity index (χ4v) is 1.67. The van der Waals surface area contributed by atoms with E-state index in [1.54, 1.807) is 6.20 Å². The number of benzene rings is 1. The minimum absolute atomic E-state index is 0.673. The van der Waals surface area contributed by atoms with Crippen molar-refractivity contribution >= 4 is 11.4 Å². The van der Waals surface area contributed by atoms with Crippen molar-refractivity contribution in [2.45, 2.75) is 6.54 Å². The van der Waals surface area contributed by atoms with E-state index in [4.69, 9.17) is 11.0 Å². The molecule has 1 heterocycles. The Morgan fingerprint density at radius 1 is 1.39 bits per heavy atom. The van der Waals surface area contributed by atoms with Gasteiger partial charge in [0.2, 0.25) is 0 Å². The molecule has 0 spiro atoms. The van der Waals surface area contributed by atoms with E-state index >= 15 is 0 Å². The lowest BCUT2D eigenvalue weighted by atomic mass is 10.2. The summed E-state index contributed by atoms with van der Waals surface area (Å²) in [6, 6.07) is 9.62. The van der Waals surface area contributed by atoms with E-state index in [9.17, 15) is 0 Å². The molecule has 0 unspecified atom stereocenters. The molecule has 0 aliphatic carbocycles. The molecule has 0 saturated carbocycles. The summed E-state index contributed by atoms with van der Waals surface area (Å²) in [6.45, 7) is 1.60. The molecule has 2 aromatic rings. The van der Waals surface area contributed by atoms with Gasteiger partial charge in [0.15, 0.2) is 0 Å². The number of nitriles is 1. The van der Waals surface area contributed by atoms with E-state index in [0.29, 0.717) is 11.3 Å². The summed E-state index contributed by atoms with van der Waals surface area (Å²) in [5, 5.41) is 12.9. The van der Waals surface area contributed by atoms with Crippen molar-refractivity contribution in [3.63, 3.8) is 0 Å². The highest BCUT2D eigenvalue weighted by atomic mass is 15.3. The Morgan fingerprint density at radius 3 is 2.67 bits per heavy atom. The van der Waals surface area contributed by atoms with Crippen molar-refractivity contribution in [1.29, 1.82) is 5.26 Å². The number of nitrogens with zero attached hydrogens (tertiary/aromatic N) is 4. The summed E-state index contributed by atoms with van der Waals surface area (Å²) in [7, 11) is 2.01. The second-order valence-corrected chi connectivity index (χ2v) is 4.12. The normalized spacial score (nSPS) is 10.0. The van der Waals surface area contributed by atoms with Crippen LogP contribution in [0.1, 0.15) is 5.56 Å². The van der Waals surface area contributed by atoms with Gasteiger partial charge in [0.1, 0.15) is 0 Å². The van der Waals surface area contributed by atoms with E-state index in [-0.39, 0.29) is 0 Å². The first-order valence-corrected chi connectivity index (χ1v) is 5.68. The van der Waals surface area contributed by atoms with Gasteiger partial charge in [0.05, 0.1) is 30.1 Å². The highest BCUT2D eigenvalue weighted by Crippen LogP contribution is 2.13. The fourth-order valence-electron chi connectivity index (χ4n) is 1.67. The molecular formula is C13H15N5. The highest BCUT2D eigenvalue weighted by molar-refractivity contribution is 5.48. The standard InChI is InChI=1S/C13H15N5/c1-17(6-7-18-10-12(15)9-16-18)13-4-2-11(8-14)3-5-13/h2-5,9-10H,6-7,15H2,1H3. The number of nitrogen functional groups attached to an aromatic ring is 1. The van der Waals surface area contributed by atoms with Crippen LogP contribution in [0.4, 0.5) is 11.4 Å². The van der Waals surface area contributed by atoms with Gasteiger partial charge in [0.25, 0.3) is 0 Å². The van der Waals surface area contributed by atoms with E-state index in [1.165, 1.54) is 0 Å². The summed E-state index contributed by atoms with van der Waals surface area (Å²) in [5.74, 6) is 0. The molecule has 0 bridgehead atoms. The smallest absolute Gasteiger partial charge is 0.0991 e. The number of hydrogen-bond donors (Lipinski definition) is 1. The molecule has 0 aliphatic heterocycles. The molecule has 5 nitrogen and oxygen atoms in total. The summed E-state index contributed by atoms with van der Waals surface area (Å²) in [5.41, 5.74) is 8.03. The first-order chi connectivity index (χ1) is 8.69. The molecule has 2 N–H and O–H groups in total. The molecule has 18 heavy (non-hydrogen) atoms. The number of nitrogens with two attached hydrogens (primary N) is 1. The summed E-state index contributed by atoms with van der Waals surface area (Å²) in [6.07, 6.45) is 3.45.